The molecular formula is C14H25N5. The van der Waals surface area contributed by atoms with Crippen molar-refractivity contribution in [3.8, 4) is 0 Å². The summed E-state index contributed by atoms with van der Waals surface area (Å²) in [6.45, 7) is 5.81. The van der Waals surface area contributed by atoms with Gasteiger partial charge in [0.2, 0.25) is 0 Å². The second-order valence-electron chi connectivity index (χ2n) is 6.04. The molecule has 0 aromatic carbocycles. The average Bonchev–Trinajstić information content (AvgIpc) is 2.82. The van der Waals surface area contributed by atoms with Crippen LogP contribution in [0.3, 0.4) is 0 Å². The van der Waals surface area contributed by atoms with Gasteiger partial charge in [0, 0.05) is 25.3 Å². The number of fused-ring (bicyclic) bond motifs is 1. The van der Waals surface area contributed by atoms with Gasteiger partial charge in [-0.15, -0.1) is 0 Å². The van der Waals surface area contributed by atoms with Crippen LogP contribution in [-0.2, 0) is 6.54 Å². The average molecular weight is 263 g/mol. The van der Waals surface area contributed by atoms with E-state index in [0.717, 1.165) is 25.0 Å². The van der Waals surface area contributed by atoms with Crippen molar-refractivity contribution < 1.29 is 0 Å². The Kier molecular flexibility index (Phi) is 3.75. The maximum atomic E-state index is 5.64. The molecule has 3 heterocycles. The SMILES string of the molecule is CN1CCCC2CN(CCn3ccc(N)n3)CCC21. The van der Waals surface area contributed by atoms with E-state index in [0.29, 0.717) is 5.82 Å². The summed E-state index contributed by atoms with van der Waals surface area (Å²) < 4.78 is 1.95. The van der Waals surface area contributed by atoms with Crippen molar-refractivity contribution in [3.63, 3.8) is 0 Å². The summed E-state index contributed by atoms with van der Waals surface area (Å²) >= 11 is 0. The van der Waals surface area contributed by atoms with Crippen molar-refractivity contribution in [1.29, 1.82) is 0 Å². The maximum Gasteiger partial charge on any atom is 0.145 e. The van der Waals surface area contributed by atoms with Crippen molar-refractivity contribution in [1.82, 2.24) is 19.6 Å². The van der Waals surface area contributed by atoms with Crippen molar-refractivity contribution in [2.75, 3.05) is 39.0 Å². The Hall–Kier alpha value is -1.07. The molecule has 1 aromatic rings. The summed E-state index contributed by atoms with van der Waals surface area (Å²) in [5, 5.41) is 4.25. The zero-order valence-corrected chi connectivity index (χ0v) is 11.8. The number of nitrogens with zero attached hydrogens (tertiary/aromatic N) is 4. The van der Waals surface area contributed by atoms with E-state index in [2.05, 4.69) is 21.9 Å². The molecule has 106 valence electrons. The number of hydrogen-bond donors (Lipinski definition) is 1. The Morgan fingerprint density at radius 3 is 3.00 bits per heavy atom. The Morgan fingerprint density at radius 2 is 2.21 bits per heavy atom. The second kappa shape index (κ2) is 5.51. The van der Waals surface area contributed by atoms with E-state index in [-0.39, 0.29) is 0 Å². The number of hydrogen-bond acceptors (Lipinski definition) is 4. The van der Waals surface area contributed by atoms with Crippen molar-refractivity contribution in [2.24, 2.45) is 5.92 Å². The zero-order valence-electron chi connectivity index (χ0n) is 11.8. The Bertz CT molecular complexity index is 416. The van der Waals surface area contributed by atoms with Crippen molar-refractivity contribution in [3.05, 3.63) is 12.3 Å². The summed E-state index contributed by atoms with van der Waals surface area (Å²) in [5.74, 6) is 1.49. The summed E-state index contributed by atoms with van der Waals surface area (Å²) in [6, 6.07) is 2.69. The van der Waals surface area contributed by atoms with Gasteiger partial charge in [0.1, 0.15) is 5.82 Å². The minimum atomic E-state index is 0.618. The molecule has 5 nitrogen and oxygen atoms in total. The molecule has 0 amide bonds. The van der Waals surface area contributed by atoms with Crippen LogP contribution in [0.5, 0.6) is 0 Å². The van der Waals surface area contributed by atoms with Crippen molar-refractivity contribution >= 4 is 5.82 Å². The van der Waals surface area contributed by atoms with Crippen LogP contribution in [0.2, 0.25) is 0 Å². The first-order valence-corrected chi connectivity index (χ1v) is 7.44. The number of likely N-dealkylation sites (tertiary alicyclic amines) is 2. The van der Waals surface area contributed by atoms with Gasteiger partial charge in [-0.25, -0.2) is 0 Å². The van der Waals surface area contributed by atoms with Gasteiger partial charge in [-0.1, -0.05) is 0 Å². The molecule has 19 heavy (non-hydrogen) atoms. The summed E-state index contributed by atoms with van der Waals surface area (Å²) in [6.07, 6.45) is 6.06. The number of aromatic nitrogens is 2. The molecule has 2 aliphatic rings. The normalized spacial score (nSPS) is 29.3. The van der Waals surface area contributed by atoms with Crippen molar-refractivity contribution in [2.45, 2.75) is 31.8 Å². The molecule has 1 aromatic heterocycles. The fourth-order valence-corrected chi connectivity index (χ4v) is 3.68. The molecule has 2 N–H and O–H groups in total. The lowest BCUT2D eigenvalue weighted by Gasteiger charge is -2.46. The monoisotopic (exact) mass is 263 g/mol. The minimum absolute atomic E-state index is 0.618. The number of anilines is 1. The molecule has 2 atom stereocenters. The van der Waals surface area contributed by atoms with Gasteiger partial charge in [-0.3, -0.25) is 4.68 Å². The highest BCUT2D eigenvalue weighted by atomic mass is 15.3. The highest BCUT2D eigenvalue weighted by Crippen LogP contribution is 2.29. The zero-order chi connectivity index (χ0) is 13.2. The van der Waals surface area contributed by atoms with Gasteiger partial charge >= 0.3 is 0 Å². The van der Waals surface area contributed by atoms with Crippen LogP contribution < -0.4 is 5.73 Å². The minimum Gasteiger partial charge on any atom is -0.382 e. The summed E-state index contributed by atoms with van der Waals surface area (Å²) in [4.78, 5) is 5.16. The molecule has 5 heteroatoms. The topological polar surface area (TPSA) is 50.3 Å². The first-order chi connectivity index (χ1) is 9.22. The predicted molar refractivity (Wildman–Crippen MR) is 76.8 cm³/mol. The van der Waals surface area contributed by atoms with Gasteiger partial charge in [0.15, 0.2) is 0 Å². The second-order valence-corrected chi connectivity index (χ2v) is 6.04. The van der Waals surface area contributed by atoms with Crippen LogP contribution in [-0.4, -0.2) is 58.8 Å². The summed E-state index contributed by atoms with van der Waals surface area (Å²) in [5.41, 5.74) is 5.64. The van der Waals surface area contributed by atoms with Gasteiger partial charge < -0.3 is 15.5 Å². The smallest absolute Gasteiger partial charge is 0.145 e. The van der Waals surface area contributed by atoms with E-state index < -0.39 is 0 Å². The fraction of sp³-hybridized carbons (Fsp3) is 0.786. The van der Waals surface area contributed by atoms with Gasteiger partial charge in [0.05, 0.1) is 6.54 Å². The van der Waals surface area contributed by atoms with Gasteiger partial charge in [-0.05, 0) is 51.4 Å². The van der Waals surface area contributed by atoms with Crippen LogP contribution in [0.25, 0.3) is 0 Å². The third kappa shape index (κ3) is 2.92. The largest absolute Gasteiger partial charge is 0.382 e. The van der Waals surface area contributed by atoms with Crippen LogP contribution in [0.1, 0.15) is 19.3 Å². The van der Waals surface area contributed by atoms with Crippen LogP contribution >= 0.6 is 0 Å². The molecular weight excluding hydrogens is 238 g/mol. The lowest BCUT2D eigenvalue weighted by atomic mass is 9.84. The third-order valence-electron chi connectivity index (χ3n) is 4.74. The Labute approximate surface area is 115 Å². The molecule has 0 aliphatic carbocycles. The van der Waals surface area contributed by atoms with E-state index in [4.69, 9.17) is 5.73 Å². The molecule has 2 saturated heterocycles. The molecule has 2 unspecified atom stereocenters. The molecule has 0 saturated carbocycles. The molecule has 0 radical (unpaired) electrons. The highest BCUT2D eigenvalue weighted by Gasteiger charge is 2.33. The number of nitrogen functional groups attached to an aromatic ring is 1. The van der Waals surface area contributed by atoms with Gasteiger partial charge in [0.25, 0.3) is 0 Å². The lowest BCUT2D eigenvalue weighted by molar-refractivity contribution is 0.0370. The quantitative estimate of drug-likeness (QED) is 0.879. The first kappa shape index (κ1) is 12.9. The number of nitrogens with two attached hydrogens (primary N) is 1. The van der Waals surface area contributed by atoms with E-state index >= 15 is 0 Å². The number of piperidine rings is 2. The lowest BCUT2D eigenvalue weighted by Crippen LogP contribution is -2.53. The maximum absolute atomic E-state index is 5.64. The Balaban J connectivity index is 1.51. The van der Waals surface area contributed by atoms with Crippen LogP contribution in [0.4, 0.5) is 5.82 Å². The Morgan fingerprint density at radius 1 is 1.32 bits per heavy atom. The fourth-order valence-electron chi connectivity index (χ4n) is 3.68. The standard InChI is InChI=1S/C14H25N5/c1-17-6-2-3-12-11-18(7-4-13(12)17)9-10-19-8-5-14(15)16-19/h5,8,12-13H,2-4,6-7,9-11H2,1H3,(H2,15,16). The predicted octanol–water partition coefficient (Wildman–Crippen LogP) is 0.881. The summed E-state index contributed by atoms with van der Waals surface area (Å²) in [7, 11) is 2.29. The molecule has 3 rings (SSSR count). The first-order valence-electron chi connectivity index (χ1n) is 7.44. The molecule has 0 spiro atoms. The third-order valence-corrected chi connectivity index (χ3v) is 4.74. The van der Waals surface area contributed by atoms with Crippen LogP contribution in [0.15, 0.2) is 12.3 Å². The highest BCUT2D eigenvalue weighted by molar-refractivity contribution is 5.23. The van der Waals surface area contributed by atoms with E-state index in [1.54, 1.807) is 0 Å². The molecule has 0 bridgehead atoms. The number of rotatable bonds is 3. The molecule has 2 fully saturated rings. The van der Waals surface area contributed by atoms with E-state index in [1.165, 1.54) is 38.9 Å². The van der Waals surface area contributed by atoms with E-state index in [1.807, 2.05) is 16.9 Å². The molecule has 2 aliphatic heterocycles. The van der Waals surface area contributed by atoms with Gasteiger partial charge in [-0.2, -0.15) is 5.10 Å². The van der Waals surface area contributed by atoms with Crippen LogP contribution in [0, 0.1) is 5.92 Å². The van der Waals surface area contributed by atoms with E-state index in [9.17, 15) is 0 Å².